The molecule has 12 atom stereocenters. The van der Waals surface area contributed by atoms with E-state index in [0.29, 0.717) is 37.5 Å². The van der Waals surface area contributed by atoms with Gasteiger partial charge in [-0.15, -0.1) is 0 Å². The van der Waals surface area contributed by atoms with Crippen molar-refractivity contribution in [2.45, 2.75) is 123 Å². The van der Waals surface area contributed by atoms with Crippen molar-refractivity contribution < 1.29 is 37.6 Å². The van der Waals surface area contributed by atoms with E-state index in [4.69, 9.17) is 8.74 Å². The highest BCUT2D eigenvalue weighted by Crippen LogP contribution is 2.69. The largest absolute Gasteiger partial charge is 0.397 e. The van der Waals surface area contributed by atoms with E-state index in [1.54, 1.807) is 0 Å². The zero-order valence-corrected chi connectivity index (χ0v) is 25.0. The Hall–Kier alpha value is -0.290. The van der Waals surface area contributed by atoms with E-state index < -0.39 is 45.1 Å². The summed E-state index contributed by atoms with van der Waals surface area (Å²) in [5.74, 6) is 1.12. The van der Waals surface area contributed by atoms with Crippen molar-refractivity contribution in [3.05, 3.63) is 0 Å². The molecule has 0 bridgehead atoms. The Kier molecular flexibility index (Phi) is 8.24. The standard InChI is InChI=1S/C29H52O8S/c1-17(2)26(4,16-37-38(34,35)36)10-7-18(3)22-14-23(31)25-20-13-24(32)29(33)15-19(30)8-12-28(29,6)21(20)9-11-27(22,25)5/h17-25,30-33H,7-16H2,1-6H3,(H,34,35,36)/t18-,19+,20?,21?,22-,23+,24-,25?,26-,27-,28-,29+/m1/s1. The SMILES string of the molecule is CC(C)[C@](C)(CC[C@@H](C)[C@H]1C[C@H](O)C2C3C[C@@H](O)[C@@]4(O)C[C@@H](O)CC[C@]4(C)C3CC[C@@]21C)COS(=O)(=O)O. The quantitative estimate of drug-likeness (QED) is 0.281. The van der Waals surface area contributed by atoms with Crippen LogP contribution in [-0.2, 0) is 14.6 Å². The second-order valence-corrected chi connectivity index (χ2v) is 15.8. The molecule has 0 saturated heterocycles. The fourth-order valence-corrected chi connectivity index (χ4v) is 10.2. The summed E-state index contributed by atoms with van der Waals surface area (Å²) < 4.78 is 36.4. The van der Waals surface area contributed by atoms with Gasteiger partial charge in [0.1, 0.15) is 0 Å². The summed E-state index contributed by atoms with van der Waals surface area (Å²) in [7, 11) is -4.50. The van der Waals surface area contributed by atoms with Crippen molar-refractivity contribution in [1.82, 2.24) is 0 Å². The maximum atomic E-state index is 11.7. The van der Waals surface area contributed by atoms with Crippen LogP contribution in [-0.4, -0.2) is 63.9 Å². The van der Waals surface area contributed by atoms with E-state index >= 15 is 0 Å². The molecule has 0 aromatic heterocycles. The number of hydrogen-bond acceptors (Lipinski definition) is 7. The number of hydrogen-bond donors (Lipinski definition) is 5. The summed E-state index contributed by atoms with van der Waals surface area (Å²) in [5.41, 5.74) is -2.27. The summed E-state index contributed by atoms with van der Waals surface area (Å²) >= 11 is 0. The van der Waals surface area contributed by atoms with Gasteiger partial charge in [-0.1, -0.05) is 41.5 Å². The van der Waals surface area contributed by atoms with Gasteiger partial charge in [-0.3, -0.25) is 4.55 Å². The molecule has 5 N–H and O–H groups in total. The maximum Gasteiger partial charge on any atom is 0.397 e. The molecule has 0 aromatic rings. The van der Waals surface area contributed by atoms with E-state index in [2.05, 4.69) is 20.8 Å². The van der Waals surface area contributed by atoms with Crippen LogP contribution in [0, 0.1) is 51.8 Å². The fraction of sp³-hybridized carbons (Fsp3) is 1.00. The predicted octanol–water partition coefficient (Wildman–Crippen LogP) is 3.96. The predicted molar refractivity (Wildman–Crippen MR) is 144 cm³/mol. The van der Waals surface area contributed by atoms with Gasteiger partial charge in [0.15, 0.2) is 0 Å². The minimum absolute atomic E-state index is 0.0518. The first-order valence-electron chi connectivity index (χ1n) is 14.8. The van der Waals surface area contributed by atoms with Crippen molar-refractivity contribution in [3.63, 3.8) is 0 Å². The van der Waals surface area contributed by atoms with Crippen molar-refractivity contribution in [1.29, 1.82) is 0 Å². The summed E-state index contributed by atoms with van der Waals surface area (Å²) in [6.45, 7) is 12.7. The molecule has 4 aliphatic carbocycles. The van der Waals surface area contributed by atoms with Gasteiger partial charge in [0.2, 0.25) is 0 Å². The van der Waals surface area contributed by atoms with Crippen LogP contribution in [0.1, 0.15) is 99.3 Å². The Balaban J connectivity index is 1.52. The van der Waals surface area contributed by atoms with Gasteiger partial charge < -0.3 is 20.4 Å². The smallest absolute Gasteiger partial charge is 0.393 e. The molecule has 0 spiro atoms. The first-order chi connectivity index (χ1) is 17.4. The number of aliphatic hydroxyl groups excluding tert-OH is 3. The molecule has 222 valence electrons. The van der Waals surface area contributed by atoms with Crippen LogP contribution in [0.25, 0.3) is 0 Å². The first-order valence-corrected chi connectivity index (χ1v) is 16.1. The molecule has 0 amide bonds. The van der Waals surface area contributed by atoms with Crippen LogP contribution >= 0.6 is 0 Å². The summed E-state index contributed by atoms with van der Waals surface area (Å²) in [6.07, 6.45) is 4.24. The molecular weight excluding hydrogens is 508 g/mol. The first kappa shape index (κ1) is 30.7. The maximum absolute atomic E-state index is 11.7. The molecule has 4 fully saturated rings. The minimum Gasteiger partial charge on any atom is -0.393 e. The van der Waals surface area contributed by atoms with E-state index in [0.717, 1.165) is 25.7 Å². The van der Waals surface area contributed by atoms with Gasteiger partial charge in [-0.05, 0) is 97.7 Å². The van der Waals surface area contributed by atoms with Gasteiger partial charge in [-0.2, -0.15) is 8.42 Å². The van der Waals surface area contributed by atoms with E-state index in [1.165, 1.54) is 0 Å². The zero-order valence-electron chi connectivity index (χ0n) is 24.1. The van der Waals surface area contributed by atoms with E-state index in [1.807, 2.05) is 20.8 Å². The normalized spacial score (nSPS) is 47.6. The molecule has 8 nitrogen and oxygen atoms in total. The Labute approximate surface area is 229 Å². The Bertz CT molecular complexity index is 972. The summed E-state index contributed by atoms with van der Waals surface area (Å²) in [5, 5.41) is 44.8. The highest BCUT2D eigenvalue weighted by atomic mass is 32.3. The molecule has 0 radical (unpaired) electrons. The lowest BCUT2D eigenvalue weighted by molar-refractivity contribution is -0.268. The zero-order chi connectivity index (χ0) is 28.5. The van der Waals surface area contributed by atoms with Gasteiger partial charge in [-0.25, -0.2) is 4.18 Å². The minimum atomic E-state index is -4.50. The molecule has 0 aromatic carbocycles. The van der Waals surface area contributed by atoms with Crippen LogP contribution in [0.2, 0.25) is 0 Å². The fourth-order valence-electron chi connectivity index (χ4n) is 9.75. The molecule has 0 aliphatic heterocycles. The lowest BCUT2D eigenvalue weighted by Gasteiger charge is -2.65. The van der Waals surface area contributed by atoms with Crippen LogP contribution in [0.3, 0.4) is 0 Å². The highest BCUT2D eigenvalue weighted by molar-refractivity contribution is 7.80. The lowest BCUT2D eigenvalue weighted by atomic mass is 9.42. The number of aliphatic hydroxyl groups is 4. The molecule has 0 heterocycles. The van der Waals surface area contributed by atoms with Gasteiger partial charge in [0.25, 0.3) is 0 Å². The van der Waals surface area contributed by atoms with Crippen LogP contribution in [0.15, 0.2) is 0 Å². The topological polar surface area (TPSA) is 145 Å². The third-order valence-corrected chi connectivity index (χ3v) is 13.1. The Morgan fingerprint density at radius 3 is 2.32 bits per heavy atom. The molecule has 38 heavy (non-hydrogen) atoms. The Morgan fingerprint density at radius 2 is 1.71 bits per heavy atom. The van der Waals surface area contributed by atoms with Crippen LogP contribution < -0.4 is 0 Å². The van der Waals surface area contributed by atoms with Gasteiger partial charge >= 0.3 is 10.4 Å². The molecule has 9 heteroatoms. The van der Waals surface area contributed by atoms with Crippen LogP contribution in [0.5, 0.6) is 0 Å². The average Bonchev–Trinajstić information content (AvgIpc) is 3.08. The van der Waals surface area contributed by atoms with Gasteiger partial charge in [0.05, 0.1) is 30.5 Å². The number of rotatable bonds is 8. The lowest BCUT2D eigenvalue weighted by Crippen LogP contribution is -2.69. The highest BCUT2D eigenvalue weighted by Gasteiger charge is 2.68. The number of fused-ring (bicyclic) bond motifs is 5. The van der Waals surface area contributed by atoms with Gasteiger partial charge in [0, 0.05) is 11.8 Å². The third kappa shape index (κ3) is 5.01. The van der Waals surface area contributed by atoms with Crippen LogP contribution in [0.4, 0.5) is 0 Å². The van der Waals surface area contributed by atoms with E-state index in [-0.39, 0.29) is 42.1 Å². The monoisotopic (exact) mass is 560 g/mol. The molecule has 4 saturated carbocycles. The second kappa shape index (κ2) is 10.2. The molecule has 4 rings (SSSR count). The third-order valence-electron chi connectivity index (χ3n) is 12.7. The summed E-state index contributed by atoms with van der Waals surface area (Å²) in [6, 6.07) is 0. The van der Waals surface area contributed by atoms with Crippen molar-refractivity contribution >= 4 is 10.4 Å². The Morgan fingerprint density at radius 1 is 1.05 bits per heavy atom. The average molecular weight is 561 g/mol. The summed E-state index contributed by atoms with van der Waals surface area (Å²) in [4.78, 5) is 0. The van der Waals surface area contributed by atoms with Crippen molar-refractivity contribution in [2.75, 3.05) is 6.61 Å². The molecule has 4 aliphatic rings. The molecular formula is C29H52O8S. The molecule has 3 unspecified atom stereocenters. The van der Waals surface area contributed by atoms with Crippen molar-refractivity contribution in [2.24, 2.45) is 51.8 Å². The second-order valence-electron chi connectivity index (χ2n) is 14.8. The van der Waals surface area contributed by atoms with E-state index in [9.17, 15) is 28.8 Å². The van der Waals surface area contributed by atoms with Crippen molar-refractivity contribution in [3.8, 4) is 0 Å².